The third-order valence-corrected chi connectivity index (χ3v) is 5.58. The summed E-state index contributed by atoms with van der Waals surface area (Å²) in [5, 5.41) is 6.51. The minimum atomic E-state index is -0.196. The fourth-order valence-corrected chi connectivity index (χ4v) is 4.08. The predicted octanol–water partition coefficient (Wildman–Crippen LogP) is 3.14. The number of piperidine rings is 1. The van der Waals surface area contributed by atoms with Gasteiger partial charge in [-0.15, -0.1) is 0 Å². The molecule has 1 heterocycles. The SMILES string of the molecule is O=C(NCC1(c2ccc(F)cc2)CCCCC1)C1CCNCC1. The minimum absolute atomic E-state index is 0.0193. The number of carbonyl (C=O) groups excluding carboxylic acids is 1. The van der Waals surface area contributed by atoms with Crippen molar-refractivity contribution in [1.82, 2.24) is 10.6 Å². The van der Waals surface area contributed by atoms with Gasteiger partial charge < -0.3 is 10.6 Å². The zero-order chi connectivity index (χ0) is 16.1. The first-order valence-corrected chi connectivity index (χ1v) is 8.94. The normalized spacial score (nSPS) is 21.8. The van der Waals surface area contributed by atoms with Crippen molar-refractivity contribution in [3.8, 4) is 0 Å². The maximum absolute atomic E-state index is 13.3. The third-order valence-electron chi connectivity index (χ3n) is 5.58. The van der Waals surface area contributed by atoms with E-state index in [1.165, 1.54) is 24.8 Å². The highest BCUT2D eigenvalue weighted by Gasteiger charge is 2.35. The lowest BCUT2D eigenvalue weighted by atomic mass is 9.69. The number of carbonyl (C=O) groups is 1. The van der Waals surface area contributed by atoms with Gasteiger partial charge in [-0.2, -0.15) is 0 Å². The summed E-state index contributed by atoms with van der Waals surface area (Å²) < 4.78 is 13.3. The van der Waals surface area contributed by atoms with Gasteiger partial charge in [0.1, 0.15) is 5.82 Å². The van der Waals surface area contributed by atoms with Crippen LogP contribution in [0.3, 0.4) is 0 Å². The van der Waals surface area contributed by atoms with Gasteiger partial charge >= 0.3 is 0 Å². The van der Waals surface area contributed by atoms with Crippen LogP contribution in [0.5, 0.6) is 0 Å². The van der Waals surface area contributed by atoms with Crippen LogP contribution >= 0.6 is 0 Å². The molecular formula is C19H27FN2O. The van der Waals surface area contributed by atoms with Crippen LogP contribution in [-0.2, 0) is 10.2 Å². The second-order valence-corrected chi connectivity index (χ2v) is 7.09. The van der Waals surface area contributed by atoms with E-state index in [1.807, 2.05) is 12.1 Å². The standard InChI is InChI=1S/C19H27FN2O/c20-17-6-4-16(5-7-17)19(10-2-1-3-11-19)14-22-18(23)15-8-12-21-13-9-15/h4-7,15,21H,1-3,8-14H2,(H,22,23). The molecule has 0 bridgehead atoms. The molecule has 1 saturated carbocycles. The second-order valence-electron chi connectivity index (χ2n) is 7.09. The Kier molecular flexibility index (Phi) is 5.31. The van der Waals surface area contributed by atoms with Crippen LogP contribution in [-0.4, -0.2) is 25.5 Å². The molecule has 3 rings (SSSR count). The quantitative estimate of drug-likeness (QED) is 0.895. The zero-order valence-electron chi connectivity index (χ0n) is 13.7. The van der Waals surface area contributed by atoms with Crippen LogP contribution in [0.25, 0.3) is 0 Å². The van der Waals surface area contributed by atoms with Gasteiger partial charge in [0.05, 0.1) is 0 Å². The van der Waals surface area contributed by atoms with Crippen molar-refractivity contribution in [2.45, 2.75) is 50.4 Å². The lowest BCUT2D eigenvalue weighted by Crippen LogP contribution is -2.45. The summed E-state index contributed by atoms with van der Waals surface area (Å²) in [6, 6.07) is 6.88. The van der Waals surface area contributed by atoms with E-state index in [9.17, 15) is 9.18 Å². The van der Waals surface area contributed by atoms with E-state index >= 15 is 0 Å². The van der Waals surface area contributed by atoms with E-state index < -0.39 is 0 Å². The fraction of sp³-hybridized carbons (Fsp3) is 0.632. The Morgan fingerprint density at radius 2 is 1.78 bits per heavy atom. The van der Waals surface area contributed by atoms with E-state index in [0.717, 1.165) is 38.8 Å². The van der Waals surface area contributed by atoms with Gasteiger partial charge in [0, 0.05) is 17.9 Å². The monoisotopic (exact) mass is 318 g/mol. The molecule has 0 aromatic heterocycles. The first kappa shape index (κ1) is 16.4. The topological polar surface area (TPSA) is 41.1 Å². The molecule has 1 aliphatic heterocycles. The molecule has 1 aliphatic carbocycles. The molecular weight excluding hydrogens is 291 g/mol. The summed E-state index contributed by atoms with van der Waals surface area (Å²) in [7, 11) is 0. The molecule has 0 atom stereocenters. The molecule has 1 amide bonds. The third kappa shape index (κ3) is 3.92. The highest BCUT2D eigenvalue weighted by Crippen LogP contribution is 2.39. The zero-order valence-corrected chi connectivity index (χ0v) is 13.7. The number of nitrogens with one attached hydrogen (secondary N) is 2. The summed E-state index contributed by atoms with van der Waals surface area (Å²) in [5.74, 6) is 0.141. The molecule has 0 spiro atoms. The average molecular weight is 318 g/mol. The van der Waals surface area contributed by atoms with Gasteiger partial charge in [-0.3, -0.25) is 4.79 Å². The van der Waals surface area contributed by atoms with Crippen LogP contribution in [0, 0.1) is 11.7 Å². The Morgan fingerprint density at radius 3 is 2.43 bits per heavy atom. The molecule has 0 unspecified atom stereocenters. The van der Waals surface area contributed by atoms with E-state index in [1.54, 1.807) is 12.1 Å². The highest BCUT2D eigenvalue weighted by atomic mass is 19.1. The molecule has 4 heteroatoms. The maximum Gasteiger partial charge on any atom is 0.223 e. The second kappa shape index (κ2) is 7.43. The molecule has 3 nitrogen and oxygen atoms in total. The molecule has 0 radical (unpaired) electrons. The molecule has 2 aliphatic rings. The number of halogens is 1. The van der Waals surface area contributed by atoms with Crippen molar-refractivity contribution in [3.05, 3.63) is 35.6 Å². The summed E-state index contributed by atoms with van der Waals surface area (Å²) in [4.78, 5) is 12.5. The van der Waals surface area contributed by atoms with E-state index in [0.29, 0.717) is 6.54 Å². The van der Waals surface area contributed by atoms with E-state index in [-0.39, 0.29) is 23.1 Å². The molecule has 126 valence electrons. The van der Waals surface area contributed by atoms with Crippen molar-refractivity contribution in [1.29, 1.82) is 0 Å². The molecule has 23 heavy (non-hydrogen) atoms. The van der Waals surface area contributed by atoms with Gasteiger partial charge in [-0.25, -0.2) is 4.39 Å². The fourth-order valence-electron chi connectivity index (χ4n) is 4.08. The Bertz CT molecular complexity index is 517. The molecule has 1 aromatic carbocycles. The first-order chi connectivity index (χ1) is 11.2. The van der Waals surface area contributed by atoms with Crippen LogP contribution in [0.2, 0.25) is 0 Å². The Morgan fingerprint density at radius 1 is 1.13 bits per heavy atom. The summed E-state index contributed by atoms with van der Waals surface area (Å²) >= 11 is 0. The number of rotatable bonds is 4. The van der Waals surface area contributed by atoms with Crippen molar-refractivity contribution in [3.63, 3.8) is 0 Å². The lowest BCUT2D eigenvalue weighted by molar-refractivity contribution is -0.126. The maximum atomic E-state index is 13.3. The number of hydrogen-bond donors (Lipinski definition) is 2. The summed E-state index contributed by atoms with van der Waals surface area (Å²) in [6.45, 7) is 2.55. The van der Waals surface area contributed by atoms with Crippen molar-refractivity contribution >= 4 is 5.91 Å². The van der Waals surface area contributed by atoms with E-state index in [4.69, 9.17) is 0 Å². The lowest BCUT2D eigenvalue weighted by Gasteiger charge is -2.38. The molecule has 1 saturated heterocycles. The Hall–Kier alpha value is -1.42. The predicted molar refractivity (Wildman–Crippen MR) is 89.8 cm³/mol. The van der Waals surface area contributed by atoms with Gasteiger partial charge in [0.15, 0.2) is 0 Å². The van der Waals surface area contributed by atoms with Crippen molar-refractivity contribution < 1.29 is 9.18 Å². The van der Waals surface area contributed by atoms with Crippen LogP contribution < -0.4 is 10.6 Å². The van der Waals surface area contributed by atoms with Crippen LogP contribution in [0.1, 0.15) is 50.5 Å². The minimum Gasteiger partial charge on any atom is -0.355 e. The van der Waals surface area contributed by atoms with Crippen molar-refractivity contribution in [2.75, 3.05) is 19.6 Å². The molecule has 1 aromatic rings. The van der Waals surface area contributed by atoms with Crippen LogP contribution in [0.15, 0.2) is 24.3 Å². The van der Waals surface area contributed by atoms with Gasteiger partial charge in [0.2, 0.25) is 5.91 Å². The Labute approximate surface area is 138 Å². The Balaban J connectivity index is 1.69. The number of benzene rings is 1. The highest BCUT2D eigenvalue weighted by molar-refractivity contribution is 5.78. The molecule has 2 fully saturated rings. The average Bonchev–Trinajstić information content (AvgIpc) is 2.62. The van der Waals surface area contributed by atoms with E-state index in [2.05, 4.69) is 10.6 Å². The molecule has 2 N–H and O–H groups in total. The summed E-state index contributed by atoms with van der Waals surface area (Å²) in [6.07, 6.45) is 7.62. The summed E-state index contributed by atoms with van der Waals surface area (Å²) in [5.41, 5.74) is 1.15. The van der Waals surface area contributed by atoms with Crippen LogP contribution in [0.4, 0.5) is 4.39 Å². The van der Waals surface area contributed by atoms with Gasteiger partial charge in [0.25, 0.3) is 0 Å². The number of hydrogen-bond acceptors (Lipinski definition) is 2. The smallest absolute Gasteiger partial charge is 0.223 e. The van der Waals surface area contributed by atoms with Gasteiger partial charge in [-0.05, 0) is 56.5 Å². The van der Waals surface area contributed by atoms with Crippen molar-refractivity contribution in [2.24, 2.45) is 5.92 Å². The largest absolute Gasteiger partial charge is 0.355 e. The van der Waals surface area contributed by atoms with Gasteiger partial charge in [-0.1, -0.05) is 31.4 Å². The first-order valence-electron chi connectivity index (χ1n) is 8.94. The number of amides is 1.